The molecule has 2 aliphatic rings. The molecule has 11 heavy (non-hydrogen) atoms. The van der Waals surface area contributed by atoms with Crippen LogP contribution in [0.3, 0.4) is 0 Å². The molecular weight excluding hydrogens is 154 g/mol. The van der Waals surface area contributed by atoms with Crippen LogP contribution >= 0.6 is 11.8 Å². The molecule has 1 saturated carbocycles. The highest BCUT2D eigenvalue weighted by atomic mass is 32.2. The lowest BCUT2D eigenvalue weighted by molar-refractivity contribution is 0.295. The van der Waals surface area contributed by atoms with Crippen molar-refractivity contribution in [2.75, 3.05) is 18.1 Å². The van der Waals surface area contributed by atoms with Crippen LogP contribution < -0.4 is 5.73 Å². The maximum atomic E-state index is 5.79. The lowest BCUT2D eigenvalue weighted by atomic mass is 9.84. The van der Waals surface area contributed by atoms with Crippen LogP contribution in [0, 0.1) is 11.3 Å². The number of rotatable bonds is 2. The van der Waals surface area contributed by atoms with Crippen LogP contribution in [0.1, 0.15) is 25.7 Å². The Kier molecular flexibility index (Phi) is 2.15. The van der Waals surface area contributed by atoms with Crippen molar-refractivity contribution >= 4 is 11.8 Å². The summed E-state index contributed by atoms with van der Waals surface area (Å²) >= 11 is 2.11. The first-order chi connectivity index (χ1) is 5.37. The van der Waals surface area contributed by atoms with Crippen molar-refractivity contribution in [2.24, 2.45) is 17.1 Å². The van der Waals surface area contributed by atoms with E-state index in [9.17, 15) is 0 Å². The fourth-order valence-corrected chi connectivity index (χ4v) is 3.36. The van der Waals surface area contributed by atoms with Gasteiger partial charge in [-0.05, 0) is 55.1 Å². The van der Waals surface area contributed by atoms with Gasteiger partial charge in [0, 0.05) is 0 Å². The molecule has 0 aromatic rings. The van der Waals surface area contributed by atoms with Gasteiger partial charge >= 0.3 is 0 Å². The fraction of sp³-hybridized carbons (Fsp3) is 1.00. The van der Waals surface area contributed by atoms with Crippen LogP contribution in [0.4, 0.5) is 0 Å². The largest absolute Gasteiger partial charge is 0.330 e. The third-order valence-electron chi connectivity index (χ3n) is 3.39. The van der Waals surface area contributed by atoms with Gasteiger partial charge < -0.3 is 5.73 Å². The van der Waals surface area contributed by atoms with Crippen molar-refractivity contribution in [3.63, 3.8) is 0 Å². The summed E-state index contributed by atoms with van der Waals surface area (Å²) in [6.45, 7) is 0.947. The zero-order chi connectivity index (χ0) is 7.73. The predicted molar refractivity (Wildman–Crippen MR) is 50.8 cm³/mol. The maximum Gasteiger partial charge on any atom is -0.00179 e. The Labute approximate surface area is 73.1 Å². The number of thioether (sulfide) groups is 1. The average molecular weight is 171 g/mol. The van der Waals surface area contributed by atoms with Crippen LogP contribution in [0.5, 0.6) is 0 Å². The second-order valence-corrected chi connectivity index (χ2v) is 5.18. The van der Waals surface area contributed by atoms with Crippen molar-refractivity contribution in [1.29, 1.82) is 0 Å². The summed E-state index contributed by atoms with van der Waals surface area (Å²) < 4.78 is 0. The number of nitrogens with two attached hydrogens (primary N) is 1. The molecule has 1 aliphatic heterocycles. The summed E-state index contributed by atoms with van der Waals surface area (Å²) in [6, 6.07) is 0. The smallest absolute Gasteiger partial charge is 0.00179 e. The monoisotopic (exact) mass is 171 g/mol. The van der Waals surface area contributed by atoms with E-state index < -0.39 is 0 Å². The van der Waals surface area contributed by atoms with Gasteiger partial charge in [-0.15, -0.1) is 0 Å². The molecule has 1 saturated heterocycles. The molecule has 0 amide bonds. The van der Waals surface area contributed by atoms with Gasteiger partial charge in [-0.1, -0.05) is 0 Å². The van der Waals surface area contributed by atoms with Crippen LogP contribution in [0.15, 0.2) is 0 Å². The number of hydrogen-bond donors (Lipinski definition) is 1. The summed E-state index contributed by atoms with van der Waals surface area (Å²) in [7, 11) is 0. The van der Waals surface area contributed by atoms with Crippen molar-refractivity contribution in [3.05, 3.63) is 0 Å². The normalized spacial score (nSPS) is 30.3. The fourth-order valence-electron chi connectivity index (χ4n) is 2.25. The second kappa shape index (κ2) is 2.98. The molecule has 2 rings (SSSR count). The third kappa shape index (κ3) is 1.43. The minimum absolute atomic E-state index is 0.626. The van der Waals surface area contributed by atoms with E-state index >= 15 is 0 Å². The molecule has 0 aromatic carbocycles. The van der Waals surface area contributed by atoms with E-state index in [2.05, 4.69) is 11.8 Å². The highest BCUT2D eigenvalue weighted by Gasteiger charge is 2.47. The van der Waals surface area contributed by atoms with E-state index in [0.717, 1.165) is 12.5 Å². The number of hydrogen-bond acceptors (Lipinski definition) is 2. The molecule has 1 nitrogen and oxygen atoms in total. The summed E-state index contributed by atoms with van der Waals surface area (Å²) in [4.78, 5) is 0. The summed E-state index contributed by atoms with van der Waals surface area (Å²) in [5, 5.41) is 0. The van der Waals surface area contributed by atoms with Gasteiger partial charge in [0.15, 0.2) is 0 Å². The zero-order valence-electron chi connectivity index (χ0n) is 7.01. The highest BCUT2D eigenvalue weighted by molar-refractivity contribution is 7.99. The van der Waals surface area contributed by atoms with Crippen molar-refractivity contribution in [2.45, 2.75) is 25.7 Å². The highest BCUT2D eigenvalue weighted by Crippen LogP contribution is 2.54. The molecule has 2 fully saturated rings. The Hall–Kier alpha value is 0.310. The van der Waals surface area contributed by atoms with Gasteiger partial charge in [-0.3, -0.25) is 0 Å². The molecular formula is C9H17NS. The Morgan fingerprint density at radius 1 is 1.27 bits per heavy atom. The Balaban J connectivity index is 1.92. The molecule has 2 heteroatoms. The summed E-state index contributed by atoms with van der Waals surface area (Å²) in [5.74, 6) is 3.74. The van der Waals surface area contributed by atoms with E-state index in [1.807, 2.05) is 0 Å². The van der Waals surface area contributed by atoms with E-state index in [1.54, 1.807) is 0 Å². The SMILES string of the molecule is NCC1(C2CCSCC2)CC1. The van der Waals surface area contributed by atoms with Crippen LogP contribution in [0.25, 0.3) is 0 Å². The van der Waals surface area contributed by atoms with Gasteiger partial charge in [0.1, 0.15) is 0 Å². The topological polar surface area (TPSA) is 26.0 Å². The average Bonchev–Trinajstić information content (AvgIpc) is 2.86. The molecule has 0 spiro atoms. The zero-order valence-corrected chi connectivity index (χ0v) is 7.83. The molecule has 0 bridgehead atoms. The molecule has 1 aliphatic carbocycles. The molecule has 64 valence electrons. The lowest BCUT2D eigenvalue weighted by Gasteiger charge is -2.28. The van der Waals surface area contributed by atoms with E-state index in [4.69, 9.17) is 5.73 Å². The van der Waals surface area contributed by atoms with Crippen molar-refractivity contribution in [1.82, 2.24) is 0 Å². The summed E-state index contributed by atoms with van der Waals surface area (Å²) in [5.41, 5.74) is 6.42. The van der Waals surface area contributed by atoms with E-state index in [-0.39, 0.29) is 0 Å². The summed E-state index contributed by atoms with van der Waals surface area (Å²) in [6.07, 6.45) is 5.70. The van der Waals surface area contributed by atoms with Crippen LogP contribution in [-0.4, -0.2) is 18.1 Å². The lowest BCUT2D eigenvalue weighted by Crippen LogP contribution is -2.28. The van der Waals surface area contributed by atoms with Gasteiger partial charge in [-0.25, -0.2) is 0 Å². The van der Waals surface area contributed by atoms with E-state index in [0.29, 0.717) is 5.41 Å². The molecule has 1 heterocycles. The minimum atomic E-state index is 0.626. The van der Waals surface area contributed by atoms with Gasteiger partial charge in [0.25, 0.3) is 0 Å². The Morgan fingerprint density at radius 2 is 1.91 bits per heavy atom. The van der Waals surface area contributed by atoms with Gasteiger partial charge in [0.05, 0.1) is 0 Å². The molecule has 0 aromatic heterocycles. The first-order valence-corrected chi connectivity index (χ1v) is 5.81. The van der Waals surface area contributed by atoms with Gasteiger partial charge in [-0.2, -0.15) is 11.8 Å². The van der Waals surface area contributed by atoms with Crippen LogP contribution in [0.2, 0.25) is 0 Å². The quantitative estimate of drug-likeness (QED) is 0.686. The maximum absolute atomic E-state index is 5.79. The molecule has 0 radical (unpaired) electrons. The van der Waals surface area contributed by atoms with Crippen LogP contribution in [-0.2, 0) is 0 Å². The predicted octanol–water partition coefficient (Wildman–Crippen LogP) is 1.87. The third-order valence-corrected chi connectivity index (χ3v) is 4.43. The Bertz CT molecular complexity index is 136. The van der Waals surface area contributed by atoms with Crippen molar-refractivity contribution < 1.29 is 0 Å². The van der Waals surface area contributed by atoms with Crippen molar-refractivity contribution in [3.8, 4) is 0 Å². The standard InChI is InChI=1S/C9H17NS/c10-7-9(3-4-9)8-1-5-11-6-2-8/h8H,1-7,10H2. The minimum Gasteiger partial charge on any atom is -0.330 e. The van der Waals surface area contributed by atoms with E-state index in [1.165, 1.54) is 37.2 Å². The van der Waals surface area contributed by atoms with Gasteiger partial charge in [0.2, 0.25) is 0 Å². The first kappa shape index (κ1) is 7.93. The first-order valence-electron chi connectivity index (χ1n) is 4.65. The molecule has 2 N–H and O–H groups in total. The second-order valence-electron chi connectivity index (χ2n) is 3.95. The Morgan fingerprint density at radius 3 is 2.36 bits per heavy atom. The molecule has 0 unspecified atom stereocenters. The molecule has 0 atom stereocenters.